The Labute approximate surface area is 187 Å². The Balaban J connectivity index is 1.62. The molecule has 0 spiro atoms. The van der Waals surface area contributed by atoms with E-state index in [4.69, 9.17) is 11.6 Å². The van der Waals surface area contributed by atoms with E-state index in [1.54, 1.807) is 31.2 Å². The quantitative estimate of drug-likeness (QED) is 0.675. The normalized spacial score (nSPS) is 15.5. The Morgan fingerprint density at radius 2 is 1.71 bits per heavy atom. The summed E-state index contributed by atoms with van der Waals surface area (Å²) in [5.41, 5.74) is 2.14. The van der Waals surface area contributed by atoms with Gasteiger partial charge in [0.05, 0.1) is 4.90 Å². The third-order valence-electron chi connectivity index (χ3n) is 5.38. The molecule has 3 rings (SSSR count). The van der Waals surface area contributed by atoms with Crippen molar-refractivity contribution in [3.8, 4) is 0 Å². The van der Waals surface area contributed by atoms with Crippen LogP contribution in [0.1, 0.15) is 31.7 Å². The minimum Gasteiger partial charge on any atom is -0.326 e. The zero-order valence-corrected chi connectivity index (χ0v) is 19.1. The van der Waals surface area contributed by atoms with E-state index in [1.165, 1.54) is 16.4 Å². The number of nitrogens with one attached hydrogen (secondary N) is 2. The van der Waals surface area contributed by atoms with Gasteiger partial charge in [0, 0.05) is 41.8 Å². The summed E-state index contributed by atoms with van der Waals surface area (Å²) >= 11 is 5.85. The van der Waals surface area contributed by atoms with Crippen LogP contribution in [0.5, 0.6) is 0 Å². The van der Waals surface area contributed by atoms with Crippen molar-refractivity contribution in [3.63, 3.8) is 0 Å². The van der Waals surface area contributed by atoms with Gasteiger partial charge in [-0.3, -0.25) is 9.59 Å². The molecule has 2 amide bonds. The molecule has 2 aromatic carbocycles. The maximum atomic E-state index is 12.8. The summed E-state index contributed by atoms with van der Waals surface area (Å²) in [6.07, 6.45) is 1.24. The smallest absolute Gasteiger partial charge is 0.243 e. The van der Waals surface area contributed by atoms with Crippen molar-refractivity contribution in [2.24, 2.45) is 5.92 Å². The molecule has 1 saturated heterocycles. The molecule has 0 unspecified atom stereocenters. The van der Waals surface area contributed by atoms with E-state index in [1.807, 2.05) is 13.0 Å². The lowest BCUT2D eigenvalue weighted by atomic mass is 9.97. The Kier molecular flexibility index (Phi) is 7.35. The molecule has 1 aliphatic heterocycles. The minimum absolute atomic E-state index is 0.101. The number of piperidine rings is 1. The molecule has 1 aliphatic rings. The lowest BCUT2D eigenvalue weighted by Crippen LogP contribution is -2.41. The van der Waals surface area contributed by atoms with Crippen molar-refractivity contribution in [1.82, 2.24) is 4.31 Å². The molecule has 0 saturated carbocycles. The molecule has 0 aromatic heterocycles. The Bertz CT molecular complexity index is 1060. The van der Waals surface area contributed by atoms with Crippen molar-refractivity contribution in [2.75, 3.05) is 23.7 Å². The number of carbonyl (C=O) groups excluding carboxylic acids is 2. The van der Waals surface area contributed by atoms with Gasteiger partial charge in [-0.05, 0) is 61.7 Å². The first-order valence-corrected chi connectivity index (χ1v) is 12.0. The molecule has 31 heavy (non-hydrogen) atoms. The second-order valence-corrected chi connectivity index (χ2v) is 9.93. The van der Waals surface area contributed by atoms with Crippen LogP contribution < -0.4 is 10.6 Å². The second kappa shape index (κ2) is 9.80. The van der Waals surface area contributed by atoms with Crippen LogP contribution in [0.25, 0.3) is 0 Å². The number of halogens is 1. The van der Waals surface area contributed by atoms with Crippen LogP contribution in [-0.4, -0.2) is 37.6 Å². The molecule has 0 atom stereocenters. The van der Waals surface area contributed by atoms with E-state index in [-0.39, 0.29) is 35.7 Å². The summed E-state index contributed by atoms with van der Waals surface area (Å²) in [6, 6.07) is 11.4. The van der Waals surface area contributed by atoms with Crippen LogP contribution in [0.4, 0.5) is 11.4 Å². The van der Waals surface area contributed by atoms with Crippen molar-refractivity contribution < 1.29 is 18.0 Å². The van der Waals surface area contributed by atoms with E-state index in [0.29, 0.717) is 35.7 Å². The molecule has 2 N–H and O–H groups in total. The number of sulfonamides is 1. The highest BCUT2D eigenvalue weighted by molar-refractivity contribution is 7.89. The number of anilines is 2. The SMILES string of the molecule is CCC(=O)Nc1ccc(C)c(NC(=O)C2CCN(S(=O)(=O)c3ccc(Cl)cc3)CC2)c1. The first kappa shape index (κ1) is 23.2. The van der Waals surface area contributed by atoms with Crippen LogP contribution in [-0.2, 0) is 19.6 Å². The summed E-state index contributed by atoms with van der Waals surface area (Å²) in [6.45, 7) is 4.19. The second-order valence-electron chi connectivity index (χ2n) is 7.55. The maximum Gasteiger partial charge on any atom is 0.243 e. The highest BCUT2D eigenvalue weighted by atomic mass is 35.5. The van der Waals surface area contributed by atoms with Gasteiger partial charge in [0.25, 0.3) is 0 Å². The average Bonchev–Trinajstić information content (AvgIpc) is 2.76. The molecule has 1 heterocycles. The van der Waals surface area contributed by atoms with Gasteiger partial charge in [-0.1, -0.05) is 24.6 Å². The summed E-state index contributed by atoms with van der Waals surface area (Å²) < 4.78 is 27.0. The Morgan fingerprint density at radius 1 is 1.06 bits per heavy atom. The number of nitrogens with zero attached hydrogens (tertiary/aromatic N) is 1. The lowest BCUT2D eigenvalue weighted by Gasteiger charge is -2.30. The van der Waals surface area contributed by atoms with Gasteiger partial charge in [0.1, 0.15) is 0 Å². The van der Waals surface area contributed by atoms with Crippen LogP contribution >= 0.6 is 11.6 Å². The molecular weight excluding hydrogens is 438 g/mol. The van der Waals surface area contributed by atoms with Crippen molar-refractivity contribution in [3.05, 3.63) is 53.1 Å². The van der Waals surface area contributed by atoms with Crippen LogP contribution in [0.15, 0.2) is 47.4 Å². The predicted molar refractivity (Wildman–Crippen MR) is 122 cm³/mol. The standard InChI is InChI=1S/C22H26ClN3O4S/c1-3-21(27)24-18-7-4-15(2)20(14-18)25-22(28)16-10-12-26(13-11-16)31(29,30)19-8-5-17(23)6-9-19/h4-9,14,16H,3,10-13H2,1-2H3,(H,24,27)(H,25,28). The topological polar surface area (TPSA) is 95.6 Å². The zero-order chi connectivity index (χ0) is 22.6. The van der Waals surface area contributed by atoms with Gasteiger partial charge in [-0.2, -0.15) is 4.31 Å². The molecule has 0 radical (unpaired) electrons. The van der Waals surface area contributed by atoms with Gasteiger partial charge in [0.2, 0.25) is 21.8 Å². The first-order valence-electron chi connectivity index (χ1n) is 10.2. The summed E-state index contributed by atoms with van der Waals surface area (Å²) in [7, 11) is -3.61. The molecule has 2 aromatic rings. The highest BCUT2D eigenvalue weighted by Gasteiger charge is 2.32. The van der Waals surface area contributed by atoms with Gasteiger partial charge in [-0.25, -0.2) is 8.42 Å². The Morgan fingerprint density at radius 3 is 2.32 bits per heavy atom. The molecular formula is C22H26ClN3O4S. The zero-order valence-electron chi connectivity index (χ0n) is 17.5. The van der Waals surface area contributed by atoms with Crippen molar-refractivity contribution in [1.29, 1.82) is 0 Å². The molecule has 7 nitrogen and oxygen atoms in total. The highest BCUT2D eigenvalue weighted by Crippen LogP contribution is 2.27. The average molecular weight is 464 g/mol. The summed E-state index contributed by atoms with van der Waals surface area (Å²) in [5.74, 6) is -0.536. The third-order valence-corrected chi connectivity index (χ3v) is 7.54. The van der Waals surface area contributed by atoms with Crippen molar-refractivity contribution in [2.45, 2.75) is 38.0 Å². The maximum absolute atomic E-state index is 12.8. The fourth-order valence-electron chi connectivity index (χ4n) is 3.43. The van der Waals surface area contributed by atoms with Crippen molar-refractivity contribution >= 4 is 44.8 Å². The van der Waals surface area contributed by atoms with Gasteiger partial charge >= 0.3 is 0 Å². The van der Waals surface area contributed by atoms with Crippen LogP contribution in [0.2, 0.25) is 5.02 Å². The molecule has 0 aliphatic carbocycles. The van der Waals surface area contributed by atoms with Crippen LogP contribution in [0, 0.1) is 12.8 Å². The molecule has 9 heteroatoms. The van der Waals surface area contributed by atoms with E-state index >= 15 is 0 Å². The number of carbonyl (C=O) groups is 2. The number of hydrogen-bond donors (Lipinski definition) is 2. The fraction of sp³-hybridized carbons (Fsp3) is 0.364. The molecule has 0 bridgehead atoms. The fourth-order valence-corrected chi connectivity index (χ4v) is 5.03. The summed E-state index contributed by atoms with van der Waals surface area (Å²) in [5, 5.41) is 6.19. The molecule has 1 fully saturated rings. The number of rotatable bonds is 6. The van der Waals surface area contributed by atoms with E-state index in [9.17, 15) is 18.0 Å². The van der Waals surface area contributed by atoms with E-state index in [2.05, 4.69) is 10.6 Å². The number of hydrogen-bond acceptors (Lipinski definition) is 4. The minimum atomic E-state index is -3.61. The van der Waals surface area contributed by atoms with Gasteiger partial charge in [0.15, 0.2) is 0 Å². The third kappa shape index (κ3) is 5.64. The molecule has 166 valence electrons. The van der Waals surface area contributed by atoms with Gasteiger partial charge in [-0.15, -0.1) is 0 Å². The predicted octanol–water partition coefficient (Wildman–Crippen LogP) is 4.04. The largest absolute Gasteiger partial charge is 0.326 e. The van der Waals surface area contributed by atoms with Gasteiger partial charge < -0.3 is 10.6 Å². The number of aryl methyl sites for hydroxylation is 1. The first-order chi connectivity index (χ1) is 14.7. The van der Waals surface area contributed by atoms with E-state index in [0.717, 1.165) is 5.56 Å². The Hall–Kier alpha value is -2.42. The number of benzene rings is 2. The van der Waals surface area contributed by atoms with Crippen LogP contribution in [0.3, 0.4) is 0 Å². The monoisotopic (exact) mass is 463 g/mol. The summed E-state index contributed by atoms with van der Waals surface area (Å²) in [4.78, 5) is 24.6. The number of amides is 2. The van der Waals surface area contributed by atoms with E-state index < -0.39 is 10.0 Å². The lowest BCUT2D eigenvalue weighted by molar-refractivity contribution is -0.121.